The van der Waals surface area contributed by atoms with Crippen molar-refractivity contribution in [2.75, 3.05) is 0 Å². The van der Waals surface area contributed by atoms with Crippen LogP contribution in [0.15, 0.2) is 84.9 Å². The van der Waals surface area contributed by atoms with Crippen molar-refractivity contribution >= 4 is 6.47 Å². The van der Waals surface area contributed by atoms with Gasteiger partial charge in [0.05, 0.1) is 6.10 Å². The lowest BCUT2D eigenvalue weighted by molar-refractivity contribution is -0.139. The van der Waals surface area contributed by atoms with Gasteiger partial charge >= 0.3 is 0 Å². The SMILES string of the molecule is O=CO[C@@H](Cc1ccc(-c2ccccc2)cc1)[C@@H](O)Cc1ccccc1. The molecule has 2 atom stereocenters. The third kappa shape index (κ3) is 4.80. The second kappa shape index (κ2) is 8.97. The van der Waals surface area contributed by atoms with Crippen molar-refractivity contribution in [3.63, 3.8) is 0 Å². The van der Waals surface area contributed by atoms with Crippen molar-refractivity contribution in [1.29, 1.82) is 0 Å². The van der Waals surface area contributed by atoms with Gasteiger partial charge in [0.1, 0.15) is 6.10 Å². The number of rotatable bonds is 8. The summed E-state index contributed by atoms with van der Waals surface area (Å²) in [7, 11) is 0. The highest BCUT2D eigenvalue weighted by Gasteiger charge is 2.21. The lowest BCUT2D eigenvalue weighted by Gasteiger charge is -2.21. The molecule has 3 heteroatoms. The molecule has 26 heavy (non-hydrogen) atoms. The number of aliphatic hydroxyl groups excluding tert-OH is 1. The van der Waals surface area contributed by atoms with Gasteiger partial charge in [0.25, 0.3) is 6.47 Å². The number of hydrogen-bond donors (Lipinski definition) is 1. The van der Waals surface area contributed by atoms with Crippen molar-refractivity contribution in [3.05, 3.63) is 96.1 Å². The highest BCUT2D eigenvalue weighted by Crippen LogP contribution is 2.21. The molecule has 0 fully saturated rings. The summed E-state index contributed by atoms with van der Waals surface area (Å²) >= 11 is 0. The molecule has 0 heterocycles. The van der Waals surface area contributed by atoms with E-state index < -0.39 is 12.2 Å². The van der Waals surface area contributed by atoms with E-state index in [-0.39, 0.29) is 0 Å². The summed E-state index contributed by atoms with van der Waals surface area (Å²) in [5, 5.41) is 10.5. The van der Waals surface area contributed by atoms with Crippen LogP contribution in [0.4, 0.5) is 0 Å². The predicted octanol–water partition coefficient (Wildman–Crippen LogP) is 4.04. The van der Waals surface area contributed by atoms with Crippen molar-refractivity contribution < 1.29 is 14.6 Å². The quantitative estimate of drug-likeness (QED) is 0.626. The van der Waals surface area contributed by atoms with Gasteiger partial charge in [0.15, 0.2) is 0 Å². The van der Waals surface area contributed by atoms with E-state index in [1.54, 1.807) is 0 Å². The first-order valence-electron chi connectivity index (χ1n) is 8.71. The number of benzene rings is 3. The summed E-state index contributed by atoms with van der Waals surface area (Å²) < 4.78 is 5.16. The van der Waals surface area contributed by atoms with Crippen LogP contribution in [0.5, 0.6) is 0 Å². The van der Waals surface area contributed by atoms with Crippen LogP contribution in [0, 0.1) is 0 Å². The molecule has 0 saturated heterocycles. The Kier molecular flexibility index (Phi) is 6.18. The molecule has 0 spiro atoms. The zero-order chi connectivity index (χ0) is 18.2. The third-order valence-electron chi connectivity index (χ3n) is 4.45. The zero-order valence-corrected chi connectivity index (χ0v) is 14.5. The Morgan fingerprint density at radius 1 is 0.731 bits per heavy atom. The van der Waals surface area contributed by atoms with Crippen LogP contribution >= 0.6 is 0 Å². The maximum atomic E-state index is 10.9. The minimum Gasteiger partial charge on any atom is -0.461 e. The highest BCUT2D eigenvalue weighted by atomic mass is 16.5. The van der Waals surface area contributed by atoms with E-state index in [0.717, 1.165) is 22.3 Å². The fourth-order valence-electron chi connectivity index (χ4n) is 3.03. The lowest BCUT2D eigenvalue weighted by Crippen LogP contribution is -2.32. The van der Waals surface area contributed by atoms with Crippen LogP contribution in [0.25, 0.3) is 11.1 Å². The van der Waals surface area contributed by atoms with E-state index in [9.17, 15) is 9.90 Å². The molecule has 0 unspecified atom stereocenters. The van der Waals surface area contributed by atoms with Gasteiger partial charge in [0, 0.05) is 12.8 Å². The van der Waals surface area contributed by atoms with Crippen molar-refractivity contribution in [1.82, 2.24) is 0 Å². The normalized spacial score (nSPS) is 13.0. The molecule has 3 rings (SSSR count). The molecule has 3 aromatic rings. The molecule has 0 saturated carbocycles. The van der Waals surface area contributed by atoms with Crippen LogP contribution in [0.3, 0.4) is 0 Å². The van der Waals surface area contributed by atoms with Gasteiger partial charge in [-0.25, -0.2) is 0 Å². The molecule has 0 radical (unpaired) electrons. The van der Waals surface area contributed by atoms with Crippen molar-refractivity contribution in [2.24, 2.45) is 0 Å². The Bertz CT molecular complexity index is 798. The second-order valence-electron chi connectivity index (χ2n) is 6.29. The maximum absolute atomic E-state index is 10.9. The van der Waals surface area contributed by atoms with Crippen LogP contribution in [-0.2, 0) is 22.4 Å². The number of aliphatic hydroxyl groups is 1. The lowest BCUT2D eigenvalue weighted by atomic mass is 9.97. The summed E-state index contributed by atoms with van der Waals surface area (Å²) in [6, 6.07) is 28.0. The number of hydrogen-bond acceptors (Lipinski definition) is 3. The van der Waals surface area contributed by atoms with E-state index in [4.69, 9.17) is 4.74 Å². The second-order valence-corrected chi connectivity index (χ2v) is 6.29. The van der Waals surface area contributed by atoms with Gasteiger partial charge in [0.2, 0.25) is 0 Å². The molecular formula is C23H22O3. The van der Waals surface area contributed by atoms with Crippen LogP contribution in [-0.4, -0.2) is 23.8 Å². The van der Waals surface area contributed by atoms with E-state index in [1.165, 1.54) is 0 Å². The van der Waals surface area contributed by atoms with Crippen LogP contribution in [0.1, 0.15) is 11.1 Å². The topological polar surface area (TPSA) is 46.5 Å². The Balaban J connectivity index is 1.68. The molecule has 0 aromatic heterocycles. The number of carbonyl (C=O) groups is 1. The van der Waals surface area contributed by atoms with Gasteiger partial charge in [-0.15, -0.1) is 0 Å². The third-order valence-corrected chi connectivity index (χ3v) is 4.45. The molecule has 0 amide bonds. The Morgan fingerprint density at radius 3 is 1.88 bits per heavy atom. The first-order chi connectivity index (χ1) is 12.8. The van der Waals surface area contributed by atoms with Crippen molar-refractivity contribution in [3.8, 4) is 11.1 Å². The van der Waals surface area contributed by atoms with Gasteiger partial charge in [-0.1, -0.05) is 84.9 Å². The van der Waals surface area contributed by atoms with E-state index in [2.05, 4.69) is 12.1 Å². The number of carbonyl (C=O) groups excluding carboxylic acids is 1. The summed E-state index contributed by atoms with van der Waals surface area (Å²) in [6.45, 7) is 0.414. The van der Waals surface area contributed by atoms with E-state index >= 15 is 0 Å². The monoisotopic (exact) mass is 346 g/mol. The van der Waals surface area contributed by atoms with E-state index in [1.807, 2.05) is 72.8 Å². The largest absolute Gasteiger partial charge is 0.461 e. The minimum atomic E-state index is -0.753. The smallest absolute Gasteiger partial charge is 0.293 e. The molecule has 0 aliphatic heterocycles. The predicted molar refractivity (Wildman–Crippen MR) is 103 cm³/mol. The minimum absolute atomic E-state index is 0.414. The average Bonchev–Trinajstić information content (AvgIpc) is 2.69. The molecule has 132 valence electrons. The Morgan fingerprint density at radius 2 is 1.27 bits per heavy atom. The van der Waals surface area contributed by atoms with Gasteiger partial charge in [-0.3, -0.25) is 4.79 Å². The molecule has 0 bridgehead atoms. The Labute approximate surface area is 153 Å². The molecule has 3 nitrogen and oxygen atoms in total. The average molecular weight is 346 g/mol. The van der Waals surface area contributed by atoms with Crippen LogP contribution < -0.4 is 0 Å². The highest BCUT2D eigenvalue weighted by molar-refractivity contribution is 5.63. The van der Waals surface area contributed by atoms with Gasteiger partial charge in [-0.05, 0) is 22.3 Å². The first-order valence-corrected chi connectivity index (χ1v) is 8.71. The molecule has 0 aliphatic rings. The summed E-state index contributed by atoms with van der Waals surface area (Å²) in [4.78, 5) is 10.9. The fraction of sp³-hybridized carbons (Fsp3) is 0.174. The first kappa shape index (κ1) is 17.9. The standard InChI is InChI=1S/C23H22O3/c24-17-26-23(22(25)15-18-7-3-1-4-8-18)16-19-11-13-21(14-12-19)20-9-5-2-6-10-20/h1-14,17,22-23,25H,15-16H2/t22-,23-/m0/s1. The van der Waals surface area contributed by atoms with E-state index in [0.29, 0.717) is 19.3 Å². The molecule has 0 aliphatic carbocycles. The molecule has 1 N–H and O–H groups in total. The summed E-state index contributed by atoms with van der Waals surface area (Å²) in [5.74, 6) is 0. The maximum Gasteiger partial charge on any atom is 0.293 e. The Hall–Kier alpha value is -2.91. The number of ether oxygens (including phenoxy) is 1. The molecular weight excluding hydrogens is 324 g/mol. The molecule has 3 aromatic carbocycles. The zero-order valence-electron chi connectivity index (χ0n) is 14.5. The van der Waals surface area contributed by atoms with Gasteiger partial charge in [-0.2, -0.15) is 0 Å². The van der Waals surface area contributed by atoms with Gasteiger partial charge < -0.3 is 9.84 Å². The van der Waals surface area contributed by atoms with Crippen LogP contribution in [0.2, 0.25) is 0 Å². The van der Waals surface area contributed by atoms with Crippen molar-refractivity contribution in [2.45, 2.75) is 25.0 Å². The summed E-state index contributed by atoms with van der Waals surface area (Å²) in [6.07, 6.45) is -0.407. The fourth-order valence-corrected chi connectivity index (χ4v) is 3.03. The summed E-state index contributed by atoms with van der Waals surface area (Å²) in [5.41, 5.74) is 4.32.